The van der Waals surface area contributed by atoms with Crippen LogP contribution in [0.2, 0.25) is 0 Å². The van der Waals surface area contributed by atoms with E-state index in [-0.39, 0.29) is 5.92 Å². The highest BCUT2D eigenvalue weighted by Gasteiger charge is 2.37. The number of fused-ring (bicyclic) bond motifs is 1. The molecule has 1 amide bonds. The number of ether oxygens (including phenoxy) is 1. The summed E-state index contributed by atoms with van der Waals surface area (Å²) in [4.78, 5) is 21.4. The number of anilines is 1. The molecule has 0 radical (unpaired) electrons. The third kappa shape index (κ3) is 2.76. The van der Waals surface area contributed by atoms with Crippen LogP contribution in [0.25, 0.3) is 10.2 Å². The highest BCUT2D eigenvalue weighted by molar-refractivity contribution is 7.99. The summed E-state index contributed by atoms with van der Waals surface area (Å²) in [7, 11) is 1.67. The molecule has 1 aromatic heterocycles. The van der Waals surface area contributed by atoms with Gasteiger partial charge >= 0.3 is 0 Å². The SMILES string of the molecule is COc1cccc2sc(N3CC(C(=O)N4CCSCC4)C3)nc12. The van der Waals surface area contributed by atoms with Gasteiger partial charge in [0.2, 0.25) is 5.91 Å². The molecule has 2 fully saturated rings. The van der Waals surface area contributed by atoms with Crippen molar-refractivity contribution in [2.45, 2.75) is 0 Å². The van der Waals surface area contributed by atoms with E-state index in [1.807, 2.05) is 28.8 Å². The summed E-state index contributed by atoms with van der Waals surface area (Å²) in [6.45, 7) is 3.37. The number of hydrogen-bond acceptors (Lipinski definition) is 6. The minimum atomic E-state index is 0.131. The summed E-state index contributed by atoms with van der Waals surface area (Å²) in [5, 5.41) is 0.989. The first-order valence-corrected chi connectivity index (χ1v) is 9.78. The number of benzene rings is 1. The zero-order chi connectivity index (χ0) is 15.8. The van der Waals surface area contributed by atoms with E-state index in [1.165, 1.54) is 0 Å². The number of carbonyl (C=O) groups is 1. The molecule has 1 aromatic carbocycles. The maximum absolute atomic E-state index is 12.5. The molecule has 0 atom stereocenters. The van der Waals surface area contributed by atoms with Crippen molar-refractivity contribution in [2.24, 2.45) is 5.92 Å². The van der Waals surface area contributed by atoms with Gasteiger partial charge < -0.3 is 14.5 Å². The molecule has 23 heavy (non-hydrogen) atoms. The third-order valence-electron chi connectivity index (χ3n) is 4.41. The predicted octanol–water partition coefficient (Wildman–Crippen LogP) is 2.32. The van der Waals surface area contributed by atoms with Crippen molar-refractivity contribution in [1.82, 2.24) is 9.88 Å². The molecular weight excluding hydrogens is 330 g/mol. The summed E-state index contributed by atoms with van der Waals surface area (Å²) in [5.41, 5.74) is 0.915. The summed E-state index contributed by atoms with van der Waals surface area (Å²) in [5.74, 6) is 3.40. The van der Waals surface area contributed by atoms with Gasteiger partial charge in [-0.2, -0.15) is 11.8 Å². The quantitative estimate of drug-likeness (QED) is 0.851. The number of para-hydroxylation sites is 1. The summed E-state index contributed by atoms with van der Waals surface area (Å²) in [6, 6.07) is 5.98. The molecule has 2 aliphatic rings. The van der Waals surface area contributed by atoms with Crippen LogP contribution in [-0.4, -0.2) is 60.6 Å². The highest BCUT2D eigenvalue weighted by atomic mass is 32.2. The lowest BCUT2D eigenvalue weighted by Crippen LogP contribution is -2.55. The van der Waals surface area contributed by atoms with E-state index in [0.29, 0.717) is 5.91 Å². The van der Waals surface area contributed by atoms with Gasteiger partial charge in [-0.05, 0) is 12.1 Å². The smallest absolute Gasteiger partial charge is 0.229 e. The summed E-state index contributed by atoms with van der Waals surface area (Å²) in [6.07, 6.45) is 0. The Kier molecular flexibility index (Phi) is 4.07. The standard InChI is InChI=1S/C16H19N3O2S2/c1-21-12-3-2-4-13-14(12)17-16(23-13)19-9-11(10-19)15(20)18-5-7-22-8-6-18/h2-4,11H,5-10H2,1H3. The van der Waals surface area contributed by atoms with Gasteiger partial charge in [0.25, 0.3) is 0 Å². The molecule has 2 saturated heterocycles. The molecule has 0 saturated carbocycles. The Bertz CT molecular complexity index is 721. The first-order chi connectivity index (χ1) is 11.3. The lowest BCUT2D eigenvalue weighted by Gasteiger charge is -2.41. The monoisotopic (exact) mass is 349 g/mol. The van der Waals surface area contributed by atoms with E-state index in [9.17, 15) is 4.79 Å². The Morgan fingerprint density at radius 2 is 2.09 bits per heavy atom. The van der Waals surface area contributed by atoms with Crippen LogP contribution in [-0.2, 0) is 4.79 Å². The van der Waals surface area contributed by atoms with Gasteiger partial charge in [0.05, 0.1) is 17.7 Å². The molecule has 0 N–H and O–H groups in total. The Labute approximate surface area is 143 Å². The maximum Gasteiger partial charge on any atom is 0.229 e. The van der Waals surface area contributed by atoms with E-state index in [2.05, 4.69) is 11.0 Å². The fourth-order valence-corrected chi connectivity index (χ4v) is 4.95. The van der Waals surface area contributed by atoms with E-state index < -0.39 is 0 Å². The Hall–Kier alpha value is -1.47. The Balaban J connectivity index is 1.44. The number of thiazole rings is 1. The molecule has 5 nitrogen and oxygen atoms in total. The predicted molar refractivity (Wildman–Crippen MR) is 95.8 cm³/mol. The average Bonchev–Trinajstić information content (AvgIpc) is 2.97. The zero-order valence-corrected chi connectivity index (χ0v) is 14.7. The lowest BCUT2D eigenvalue weighted by molar-refractivity contribution is -0.135. The van der Waals surface area contributed by atoms with Gasteiger partial charge in [0, 0.05) is 37.7 Å². The number of rotatable bonds is 3. The largest absolute Gasteiger partial charge is 0.494 e. The fourth-order valence-electron chi connectivity index (χ4n) is 3.04. The van der Waals surface area contributed by atoms with E-state index in [4.69, 9.17) is 9.72 Å². The third-order valence-corrected chi connectivity index (χ3v) is 6.44. The van der Waals surface area contributed by atoms with Crippen molar-refractivity contribution in [3.05, 3.63) is 18.2 Å². The van der Waals surface area contributed by atoms with Crippen LogP contribution in [0.5, 0.6) is 5.75 Å². The number of aromatic nitrogens is 1. The van der Waals surface area contributed by atoms with Crippen molar-refractivity contribution in [3.8, 4) is 5.75 Å². The van der Waals surface area contributed by atoms with Crippen LogP contribution in [0, 0.1) is 5.92 Å². The van der Waals surface area contributed by atoms with Gasteiger partial charge in [0.1, 0.15) is 11.3 Å². The van der Waals surface area contributed by atoms with Crippen molar-refractivity contribution in [1.29, 1.82) is 0 Å². The van der Waals surface area contributed by atoms with E-state index >= 15 is 0 Å². The fraction of sp³-hybridized carbons (Fsp3) is 0.500. The van der Waals surface area contributed by atoms with Crippen LogP contribution < -0.4 is 9.64 Å². The minimum absolute atomic E-state index is 0.131. The first kappa shape index (κ1) is 15.1. The molecule has 0 unspecified atom stereocenters. The van der Waals surface area contributed by atoms with E-state index in [0.717, 1.165) is 58.8 Å². The molecule has 7 heteroatoms. The van der Waals surface area contributed by atoms with Crippen molar-refractivity contribution < 1.29 is 9.53 Å². The number of amides is 1. The molecule has 4 rings (SSSR count). The van der Waals surface area contributed by atoms with Crippen LogP contribution in [0.3, 0.4) is 0 Å². The average molecular weight is 349 g/mol. The van der Waals surface area contributed by atoms with Crippen molar-refractivity contribution in [3.63, 3.8) is 0 Å². The van der Waals surface area contributed by atoms with Crippen LogP contribution in [0.15, 0.2) is 18.2 Å². The molecular formula is C16H19N3O2S2. The summed E-state index contributed by atoms with van der Waals surface area (Å²) >= 11 is 3.60. The Morgan fingerprint density at radius 1 is 1.30 bits per heavy atom. The van der Waals surface area contributed by atoms with Gasteiger partial charge in [0.15, 0.2) is 5.13 Å². The van der Waals surface area contributed by atoms with Crippen LogP contribution in [0.1, 0.15) is 0 Å². The molecule has 0 bridgehead atoms. The number of thioether (sulfide) groups is 1. The zero-order valence-electron chi connectivity index (χ0n) is 13.0. The topological polar surface area (TPSA) is 45.7 Å². The number of hydrogen-bond donors (Lipinski definition) is 0. The van der Waals surface area contributed by atoms with Crippen LogP contribution >= 0.6 is 23.1 Å². The minimum Gasteiger partial charge on any atom is -0.494 e. The lowest BCUT2D eigenvalue weighted by atomic mass is 9.99. The maximum atomic E-state index is 12.5. The van der Waals surface area contributed by atoms with Crippen LogP contribution in [0.4, 0.5) is 5.13 Å². The van der Waals surface area contributed by atoms with Gasteiger partial charge in [-0.25, -0.2) is 4.98 Å². The highest BCUT2D eigenvalue weighted by Crippen LogP contribution is 2.36. The molecule has 2 aliphatic heterocycles. The second-order valence-corrected chi connectivity index (χ2v) is 8.08. The molecule has 0 spiro atoms. The van der Waals surface area contributed by atoms with Crippen molar-refractivity contribution >= 4 is 44.4 Å². The second-order valence-electron chi connectivity index (χ2n) is 5.84. The van der Waals surface area contributed by atoms with Gasteiger partial charge in [-0.15, -0.1) is 0 Å². The summed E-state index contributed by atoms with van der Waals surface area (Å²) < 4.78 is 6.50. The van der Waals surface area contributed by atoms with Crippen molar-refractivity contribution in [2.75, 3.05) is 49.7 Å². The number of methoxy groups -OCH3 is 1. The molecule has 2 aromatic rings. The first-order valence-electron chi connectivity index (χ1n) is 7.81. The molecule has 3 heterocycles. The normalized spacial score (nSPS) is 19.0. The molecule has 0 aliphatic carbocycles. The van der Waals surface area contributed by atoms with Gasteiger partial charge in [-0.3, -0.25) is 4.79 Å². The number of carbonyl (C=O) groups excluding carboxylic acids is 1. The molecule has 122 valence electrons. The Morgan fingerprint density at radius 3 is 2.83 bits per heavy atom. The number of nitrogens with zero attached hydrogens (tertiary/aromatic N) is 3. The van der Waals surface area contributed by atoms with Gasteiger partial charge in [-0.1, -0.05) is 17.4 Å². The van der Waals surface area contributed by atoms with E-state index in [1.54, 1.807) is 18.4 Å². The second kappa shape index (κ2) is 6.20.